The molecule has 1 aliphatic heterocycles. The lowest BCUT2D eigenvalue weighted by Gasteiger charge is -2.31. The molecule has 2 rings (SSSR count). The standard InChI is InChI=1S/C15H25N5O/c1-4-20-9-7-12(8-10-20)11-16-14-6-5-13(17-18-14)15(21)19(2)3/h5-6,12H,4,7-11H2,1-3H3,(H,16,18). The molecule has 1 saturated heterocycles. The number of hydrogen-bond donors (Lipinski definition) is 1. The fourth-order valence-corrected chi connectivity index (χ4v) is 2.53. The number of nitrogens with zero attached hydrogens (tertiary/aromatic N) is 4. The lowest BCUT2D eigenvalue weighted by Crippen LogP contribution is -2.35. The highest BCUT2D eigenvalue weighted by Crippen LogP contribution is 2.17. The van der Waals surface area contributed by atoms with E-state index in [-0.39, 0.29) is 5.91 Å². The van der Waals surface area contributed by atoms with Crippen molar-refractivity contribution in [2.75, 3.05) is 45.6 Å². The van der Waals surface area contributed by atoms with Gasteiger partial charge in [0.1, 0.15) is 5.82 Å². The Hall–Kier alpha value is -1.69. The van der Waals surface area contributed by atoms with Gasteiger partial charge in [0, 0.05) is 20.6 Å². The van der Waals surface area contributed by atoms with Crippen LogP contribution >= 0.6 is 0 Å². The van der Waals surface area contributed by atoms with Gasteiger partial charge in [-0.1, -0.05) is 6.92 Å². The molecule has 1 aromatic heterocycles. The molecule has 2 heterocycles. The molecule has 116 valence electrons. The quantitative estimate of drug-likeness (QED) is 0.886. The van der Waals surface area contributed by atoms with E-state index >= 15 is 0 Å². The molecule has 1 fully saturated rings. The van der Waals surface area contributed by atoms with Crippen molar-refractivity contribution < 1.29 is 4.79 Å². The van der Waals surface area contributed by atoms with Crippen LogP contribution in [0.1, 0.15) is 30.3 Å². The number of amides is 1. The molecule has 1 N–H and O–H groups in total. The van der Waals surface area contributed by atoms with Crippen molar-refractivity contribution in [3.8, 4) is 0 Å². The first kappa shape index (κ1) is 15.7. The van der Waals surface area contributed by atoms with Crippen LogP contribution < -0.4 is 5.32 Å². The average molecular weight is 291 g/mol. The zero-order valence-corrected chi connectivity index (χ0v) is 13.2. The molecule has 0 unspecified atom stereocenters. The number of hydrogen-bond acceptors (Lipinski definition) is 5. The minimum absolute atomic E-state index is 0.124. The number of aromatic nitrogens is 2. The van der Waals surface area contributed by atoms with Gasteiger partial charge in [0.15, 0.2) is 5.69 Å². The molecule has 0 aliphatic carbocycles. The second kappa shape index (κ2) is 7.36. The number of carbonyl (C=O) groups is 1. The number of carbonyl (C=O) groups excluding carboxylic acids is 1. The molecule has 1 amide bonds. The van der Waals surface area contributed by atoms with Crippen LogP contribution in [0.3, 0.4) is 0 Å². The lowest BCUT2D eigenvalue weighted by atomic mass is 9.97. The topological polar surface area (TPSA) is 61.4 Å². The Morgan fingerprint density at radius 1 is 1.33 bits per heavy atom. The maximum Gasteiger partial charge on any atom is 0.273 e. The Morgan fingerprint density at radius 2 is 2.05 bits per heavy atom. The minimum atomic E-state index is -0.124. The van der Waals surface area contributed by atoms with Gasteiger partial charge in [-0.25, -0.2) is 0 Å². The highest BCUT2D eigenvalue weighted by atomic mass is 16.2. The van der Waals surface area contributed by atoms with E-state index in [1.54, 1.807) is 20.2 Å². The zero-order valence-electron chi connectivity index (χ0n) is 13.2. The van der Waals surface area contributed by atoms with Crippen molar-refractivity contribution in [3.63, 3.8) is 0 Å². The van der Waals surface area contributed by atoms with Crippen molar-refractivity contribution >= 4 is 11.7 Å². The number of likely N-dealkylation sites (tertiary alicyclic amines) is 1. The van der Waals surface area contributed by atoms with E-state index in [4.69, 9.17) is 0 Å². The number of piperidine rings is 1. The largest absolute Gasteiger partial charge is 0.368 e. The van der Waals surface area contributed by atoms with Crippen molar-refractivity contribution in [2.24, 2.45) is 5.92 Å². The van der Waals surface area contributed by atoms with Gasteiger partial charge in [0.05, 0.1) is 0 Å². The van der Waals surface area contributed by atoms with Gasteiger partial charge in [-0.2, -0.15) is 0 Å². The molecule has 0 saturated carbocycles. The summed E-state index contributed by atoms with van der Waals surface area (Å²) in [6.07, 6.45) is 2.46. The van der Waals surface area contributed by atoms with Gasteiger partial charge < -0.3 is 15.1 Å². The van der Waals surface area contributed by atoms with Crippen LogP contribution in [0, 0.1) is 5.92 Å². The number of anilines is 1. The van der Waals surface area contributed by atoms with Crippen LogP contribution in [-0.4, -0.2) is 66.2 Å². The van der Waals surface area contributed by atoms with Gasteiger partial charge in [-0.05, 0) is 50.5 Å². The normalized spacial score (nSPS) is 16.7. The molecular formula is C15H25N5O. The van der Waals surface area contributed by atoms with Gasteiger partial charge in [-0.3, -0.25) is 4.79 Å². The highest BCUT2D eigenvalue weighted by Gasteiger charge is 2.18. The van der Waals surface area contributed by atoms with Gasteiger partial charge >= 0.3 is 0 Å². The summed E-state index contributed by atoms with van der Waals surface area (Å²) in [7, 11) is 3.41. The Labute approximate surface area is 126 Å². The van der Waals surface area contributed by atoms with E-state index in [9.17, 15) is 4.79 Å². The van der Waals surface area contributed by atoms with E-state index < -0.39 is 0 Å². The molecule has 0 radical (unpaired) electrons. The summed E-state index contributed by atoms with van der Waals surface area (Å²) in [5.41, 5.74) is 0.377. The summed E-state index contributed by atoms with van der Waals surface area (Å²) in [5, 5.41) is 11.4. The Kier molecular flexibility index (Phi) is 5.50. The second-order valence-corrected chi connectivity index (χ2v) is 5.76. The van der Waals surface area contributed by atoms with E-state index in [0.717, 1.165) is 18.9 Å². The molecule has 0 spiro atoms. The van der Waals surface area contributed by atoms with Crippen LogP contribution in [0.4, 0.5) is 5.82 Å². The van der Waals surface area contributed by atoms with Crippen molar-refractivity contribution in [1.29, 1.82) is 0 Å². The SMILES string of the molecule is CCN1CCC(CNc2ccc(C(=O)N(C)C)nn2)CC1. The first-order valence-electron chi connectivity index (χ1n) is 7.61. The van der Waals surface area contributed by atoms with E-state index in [1.165, 1.54) is 30.8 Å². The molecule has 6 heteroatoms. The maximum atomic E-state index is 11.7. The summed E-state index contributed by atoms with van der Waals surface area (Å²) in [4.78, 5) is 15.7. The van der Waals surface area contributed by atoms with Crippen LogP contribution in [0.25, 0.3) is 0 Å². The van der Waals surface area contributed by atoms with Crippen LogP contribution in [0.5, 0.6) is 0 Å². The number of nitrogens with one attached hydrogen (secondary N) is 1. The third-order valence-electron chi connectivity index (χ3n) is 4.02. The fraction of sp³-hybridized carbons (Fsp3) is 0.667. The molecular weight excluding hydrogens is 266 g/mol. The Morgan fingerprint density at radius 3 is 2.57 bits per heavy atom. The Bertz CT molecular complexity index is 452. The van der Waals surface area contributed by atoms with Crippen LogP contribution in [0.2, 0.25) is 0 Å². The predicted octanol–water partition coefficient (Wildman–Crippen LogP) is 1.32. The second-order valence-electron chi connectivity index (χ2n) is 5.76. The third-order valence-corrected chi connectivity index (χ3v) is 4.02. The van der Waals surface area contributed by atoms with Crippen molar-refractivity contribution in [3.05, 3.63) is 17.8 Å². The zero-order chi connectivity index (χ0) is 15.2. The summed E-state index contributed by atoms with van der Waals surface area (Å²) >= 11 is 0. The molecule has 6 nitrogen and oxygen atoms in total. The summed E-state index contributed by atoms with van der Waals surface area (Å²) in [6.45, 7) is 6.65. The lowest BCUT2D eigenvalue weighted by molar-refractivity contribution is 0.0821. The van der Waals surface area contributed by atoms with Gasteiger partial charge in [-0.15, -0.1) is 10.2 Å². The van der Waals surface area contributed by atoms with E-state index in [0.29, 0.717) is 11.6 Å². The molecule has 0 aromatic carbocycles. The molecule has 0 atom stereocenters. The Balaban J connectivity index is 1.80. The third kappa shape index (κ3) is 4.39. The summed E-state index contributed by atoms with van der Waals surface area (Å²) in [5.74, 6) is 1.31. The first-order chi connectivity index (χ1) is 10.1. The monoisotopic (exact) mass is 291 g/mol. The molecule has 0 bridgehead atoms. The maximum absolute atomic E-state index is 11.7. The van der Waals surface area contributed by atoms with E-state index in [2.05, 4.69) is 27.3 Å². The van der Waals surface area contributed by atoms with Crippen molar-refractivity contribution in [2.45, 2.75) is 19.8 Å². The molecule has 21 heavy (non-hydrogen) atoms. The van der Waals surface area contributed by atoms with Gasteiger partial charge in [0.25, 0.3) is 5.91 Å². The van der Waals surface area contributed by atoms with Gasteiger partial charge in [0.2, 0.25) is 0 Å². The minimum Gasteiger partial charge on any atom is -0.368 e. The predicted molar refractivity (Wildman–Crippen MR) is 83.4 cm³/mol. The smallest absolute Gasteiger partial charge is 0.273 e. The first-order valence-corrected chi connectivity index (χ1v) is 7.61. The fourth-order valence-electron chi connectivity index (χ4n) is 2.53. The molecule has 1 aromatic rings. The average Bonchev–Trinajstić information content (AvgIpc) is 2.53. The van der Waals surface area contributed by atoms with Crippen LogP contribution in [0.15, 0.2) is 12.1 Å². The number of rotatable bonds is 5. The molecule has 1 aliphatic rings. The van der Waals surface area contributed by atoms with Crippen LogP contribution in [-0.2, 0) is 0 Å². The highest BCUT2D eigenvalue weighted by molar-refractivity contribution is 5.91. The van der Waals surface area contributed by atoms with E-state index in [1.807, 2.05) is 6.07 Å². The summed E-state index contributed by atoms with van der Waals surface area (Å²) in [6, 6.07) is 3.54. The van der Waals surface area contributed by atoms with Crippen molar-refractivity contribution in [1.82, 2.24) is 20.0 Å². The summed E-state index contributed by atoms with van der Waals surface area (Å²) < 4.78 is 0.